The van der Waals surface area contributed by atoms with Gasteiger partial charge in [-0.1, -0.05) is 0 Å². The van der Waals surface area contributed by atoms with Gasteiger partial charge in [-0.25, -0.2) is 12.7 Å². The number of nitrogens with zero attached hydrogens (tertiary/aromatic N) is 3. The maximum absolute atomic E-state index is 12.0. The molecule has 7 nitrogen and oxygen atoms in total. The lowest BCUT2D eigenvalue weighted by Gasteiger charge is -2.30. The van der Waals surface area contributed by atoms with Gasteiger partial charge in [-0.3, -0.25) is 10.00 Å². The molecular weight excluding hydrogens is 316 g/mol. The molecule has 0 aliphatic carbocycles. The first-order chi connectivity index (χ1) is 11.0. The standard InChI is InChI=1S/C15H22N4O3S/c1-18(2)23(20,21)15-4-3-13(22-15)11-19-9-6-12(7-10-19)14-5-8-16-17-14/h3-5,8,12H,6-7,9-11H2,1-2H3,(H,16,17). The van der Waals surface area contributed by atoms with E-state index in [0.717, 1.165) is 30.2 Å². The maximum Gasteiger partial charge on any atom is 0.275 e. The zero-order valence-corrected chi connectivity index (χ0v) is 14.2. The Hall–Kier alpha value is -1.64. The van der Waals surface area contributed by atoms with E-state index in [2.05, 4.69) is 15.1 Å². The Labute approximate surface area is 136 Å². The van der Waals surface area contributed by atoms with E-state index in [-0.39, 0.29) is 5.09 Å². The Kier molecular flexibility index (Phi) is 4.56. The third-order valence-corrected chi connectivity index (χ3v) is 5.99. The average Bonchev–Trinajstić information content (AvgIpc) is 3.19. The molecule has 0 radical (unpaired) electrons. The number of aromatic nitrogens is 2. The molecule has 0 aromatic carbocycles. The van der Waals surface area contributed by atoms with Crippen LogP contribution in [-0.2, 0) is 16.6 Å². The topological polar surface area (TPSA) is 82.4 Å². The van der Waals surface area contributed by atoms with Crippen LogP contribution in [0, 0.1) is 0 Å². The van der Waals surface area contributed by atoms with Crippen molar-refractivity contribution in [3.05, 3.63) is 35.9 Å². The summed E-state index contributed by atoms with van der Waals surface area (Å²) in [5.74, 6) is 1.21. The number of hydrogen-bond acceptors (Lipinski definition) is 5. The molecule has 8 heteroatoms. The molecule has 0 unspecified atom stereocenters. The zero-order valence-electron chi connectivity index (χ0n) is 13.4. The van der Waals surface area contributed by atoms with Crippen LogP contribution in [0.3, 0.4) is 0 Å². The summed E-state index contributed by atoms with van der Waals surface area (Å²) >= 11 is 0. The predicted octanol–water partition coefficient (Wildman–Crippen LogP) is 1.63. The van der Waals surface area contributed by atoms with Gasteiger partial charge in [0.25, 0.3) is 10.0 Å². The summed E-state index contributed by atoms with van der Waals surface area (Å²) in [5.41, 5.74) is 1.20. The minimum Gasteiger partial charge on any atom is -0.447 e. The number of hydrogen-bond donors (Lipinski definition) is 1. The Morgan fingerprint density at radius 2 is 2.04 bits per heavy atom. The molecule has 0 bridgehead atoms. The lowest BCUT2D eigenvalue weighted by atomic mass is 9.94. The van der Waals surface area contributed by atoms with Crippen LogP contribution in [0.2, 0.25) is 0 Å². The number of aromatic amines is 1. The van der Waals surface area contributed by atoms with Crippen molar-refractivity contribution in [3.8, 4) is 0 Å². The fourth-order valence-electron chi connectivity index (χ4n) is 2.88. The van der Waals surface area contributed by atoms with Crippen molar-refractivity contribution in [1.82, 2.24) is 19.4 Å². The molecule has 1 aliphatic heterocycles. The first-order valence-electron chi connectivity index (χ1n) is 7.69. The highest BCUT2D eigenvalue weighted by atomic mass is 32.2. The van der Waals surface area contributed by atoms with Gasteiger partial charge in [0.1, 0.15) is 5.76 Å². The lowest BCUT2D eigenvalue weighted by molar-refractivity contribution is 0.185. The third kappa shape index (κ3) is 3.49. The van der Waals surface area contributed by atoms with Crippen LogP contribution in [0.1, 0.15) is 30.2 Å². The number of likely N-dealkylation sites (tertiary alicyclic amines) is 1. The predicted molar refractivity (Wildman–Crippen MR) is 85.4 cm³/mol. The van der Waals surface area contributed by atoms with E-state index in [0.29, 0.717) is 18.2 Å². The van der Waals surface area contributed by atoms with Gasteiger partial charge in [-0.2, -0.15) is 5.10 Å². The quantitative estimate of drug-likeness (QED) is 0.896. The molecule has 2 aromatic heterocycles. The molecule has 126 valence electrons. The van der Waals surface area contributed by atoms with Crippen molar-refractivity contribution >= 4 is 10.0 Å². The van der Waals surface area contributed by atoms with Crippen LogP contribution in [0.4, 0.5) is 0 Å². The highest BCUT2D eigenvalue weighted by Crippen LogP contribution is 2.27. The molecule has 0 spiro atoms. The summed E-state index contributed by atoms with van der Waals surface area (Å²) in [7, 11) is -0.503. The molecule has 3 rings (SSSR count). The Morgan fingerprint density at radius 1 is 1.30 bits per heavy atom. The minimum absolute atomic E-state index is 0.00449. The molecule has 3 heterocycles. The van der Waals surface area contributed by atoms with Gasteiger partial charge in [0, 0.05) is 31.9 Å². The number of furan rings is 1. The number of nitrogens with one attached hydrogen (secondary N) is 1. The van der Waals surface area contributed by atoms with Crippen molar-refractivity contribution in [2.75, 3.05) is 27.2 Å². The lowest BCUT2D eigenvalue weighted by Crippen LogP contribution is -2.32. The first-order valence-corrected chi connectivity index (χ1v) is 9.13. The van der Waals surface area contributed by atoms with Crippen LogP contribution in [-0.4, -0.2) is 55.0 Å². The highest BCUT2D eigenvalue weighted by molar-refractivity contribution is 7.88. The minimum atomic E-state index is -3.50. The van der Waals surface area contributed by atoms with Crippen LogP contribution < -0.4 is 0 Å². The molecular formula is C15H22N4O3S. The highest BCUT2D eigenvalue weighted by Gasteiger charge is 2.24. The van der Waals surface area contributed by atoms with E-state index in [4.69, 9.17) is 4.42 Å². The van der Waals surface area contributed by atoms with E-state index < -0.39 is 10.0 Å². The number of H-pyrrole nitrogens is 1. The summed E-state index contributed by atoms with van der Waals surface area (Å²) < 4.78 is 30.7. The van der Waals surface area contributed by atoms with Gasteiger partial charge in [0.2, 0.25) is 5.09 Å². The van der Waals surface area contributed by atoms with Gasteiger partial charge in [0.15, 0.2) is 0 Å². The van der Waals surface area contributed by atoms with Crippen molar-refractivity contribution in [2.24, 2.45) is 0 Å². The van der Waals surface area contributed by atoms with E-state index in [1.807, 2.05) is 6.07 Å². The van der Waals surface area contributed by atoms with Gasteiger partial charge >= 0.3 is 0 Å². The van der Waals surface area contributed by atoms with Crippen LogP contribution in [0.25, 0.3) is 0 Å². The van der Waals surface area contributed by atoms with E-state index >= 15 is 0 Å². The molecule has 0 saturated carbocycles. The summed E-state index contributed by atoms with van der Waals surface area (Å²) in [4.78, 5) is 2.29. The average molecular weight is 338 g/mol. The molecule has 1 N–H and O–H groups in total. The van der Waals surface area contributed by atoms with E-state index in [1.165, 1.54) is 25.9 Å². The molecule has 1 saturated heterocycles. The summed E-state index contributed by atoms with van der Waals surface area (Å²) in [6, 6.07) is 5.31. The van der Waals surface area contributed by atoms with Crippen LogP contribution in [0.15, 0.2) is 33.9 Å². The monoisotopic (exact) mass is 338 g/mol. The van der Waals surface area contributed by atoms with Gasteiger partial charge in [-0.15, -0.1) is 0 Å². The molecule has 2 aromatic rings. The first kappa shape index (κ1) is 16.2. The second-order valence-corrected chi connectivity index (χ2v) is 8.15. The molecule has 1 fully saturated rings. The smallest absolute Gasteiger partial charge is 0.275 e. The molecule has 0 amide bonds. The Balaban J connectivity index is 1.58. The van der Waals surface area contributed by atoms with Crippen LogP contribution >= 0.6 is 0 Å². The molecule has 0 atom stereocenters. The summed E-state index contributed by atoms with van der Waals surface area (Å²) in [6.45, 7) is 2.55. The van der Waals surface area contributed by atoms with Gasteiger partial charge in [-0.05, 0) is 44.1 Å². The third-order valence-electron chi connectivity index (χ3n) is 4.30. The van der Waals surface area contributed by atoms with Crippen molar-refractivity contribution < 1.29 is 12.8 Å². The Morgan fingerprint density at radius 3 is 2.65 bits per heavy atom. The van der Waals surface area contributed by atoms with Crippen molar-refractivity contribution in [1.29, 1.82) is 0 Å². The summed E-state index contributed by atoms with van der Waals surface area (Å²) in [5, 5.41) is 7.06. The second kappa shape index (κ2) is 6.46. The SMILES string of the molecule is CN(C)S(=O)(=O)c1ccc(CN2CCC(c3ccn[nH]3)CC2)o1. The number of sulfonamides is 1. The molecule has 23 heavy (non-hydrogen) atoms. The van der Waals surface area contributed by atoms with Gasteiger partial charge < -0.3 is 4.42 Å². The van der Waals surface area contributed by atoms with Crippen LogP contribution in [0.5, 0.6) is 0 Å². The number of piperidine rings is 1. The zero-order chi connectivity index (χ0) is 16.4. The fourth-order valence-corrected chi connectivity index (χ4v) is 3.69. The Bertz CT molecular complexity index is 729. The van der Waals surface area contributed by atoms with Gasteiger partial charge in [0.05, 0.1) is 6.54 Å². The number of rotatable bonds is 5. The fraction of sp³-hybridized carbons (Fsp3) is 0.533. The largest absolute Gasteiger partial charge is 0.447 e. The van der Waals surface area contributed by atoms with Crippen molar-refractivity contribution in [3.63, 3.8) is 0 Å². The van der Waals surface area contributed by atoms with E-state index in [9.17, 15) is 8.42 Å². The second-order valence-electron chi connectivity index (χ2n) is 6.07. The molecule has 1 aliphatic rings. The summed E-state index contributed by atoms with van der Waals surface area (Å²) in [6.07, 6.45) is 3.91. The normalized spacial score (nSPS) is 17.9. The van der Waals surface area contributed by atoms with E-state index in [1.54, 1.807) is 12.3 Å². The maximum atomic E-state index is 12.0. The van der Waals surface area contributed by atoms with Crippen molar-refractivity contribution in [2.45, 2.75) is 30.4 Å².